The number of benzene rings is 2. The highest BCUT2D eigenvalue weighted by molar-refractivity contribution is 14.1. The fourth-order valence-corrected chi connectivity index (χ4v) is 2.30. The van der Waals surface area contributed by atoms with Crippen molar-refractivity contribution >= 4 is 45.8 Å². The Kier molecular flexibility index (Phi) is 4.42. The number of halogens is 3. The second-order valence-electron chi connectivity index (χ2n) is 4.04. The van der Waals surface area contributed by atoms with Crippen molar-refractivity contribution in [2.75, 3.05) is 5.32 Å². The molecule has 5 heteroatoms. The largest absolute Gasteiger partial charge is 0.321 e. The highest BCUT2D eigenvalue weighted by atomic mass is 127. The van der Waals surface area contributed by atoms with Crippen LogP contribution in [0.4, 0.5) is 10.1 Å². The van der Waals surface area contributed by atoms with E-state index in [1.165, 1.54) is 18.2 Å². The van der Waals surface area contributed by atoms with Gasteiger partial charge in [0.2, 0.25) is 0 Å². The van der Waals surface area contributed by atoms with Gasteiger partial charge >= 0.3 is 0 Å². The van der Waals surface area contributed by atoms with Gasteiger partial charge in [0.25, 0.3) is 5.91 Å². The molecule has 0 heterocycles. The maximum absolute atomic E-state index is 13.0. The van der Waals surface area contributed by atoms with Gasteiger partial charge in [0.05, 0.1) is 5.69 Å². The molecule has 0 unspecified atom stereocenters. The summed E-state index contributed by atoms with van der Waals surface area (Å²) in [6, 6.07) is 9.27. The van der Waals surface area contributed by atoms with Gasteiger partial charge in [0, 0.05) is 14.2 Å². The summed E-state index contributed by atoms with van der Waals surface area (Å²) < 4.78 is 13.6. The van der Waals surface area contributed by atoms with E-state index in [-0.39, 0.29) is 11.7 Å². The predicted molar refractivity (Wildman–Crippen MR) is 83.3 cm³/mol. The summed E-state index contributed by atoms with van der Waals surface area (Å²) in [5.74, 6) is -0.575. The zero-order valence-electron chi connectivity index (χ0n) is 10.0. The quantitative estimate of drug-likeness (QED) is 0.745. The average molecular weight is 390 g/mol. The lowest BCUT2D eigenvalue weighted by Crippen LogP contribution is -2.13. The van der Waals surface area contributed by atoms with Crippen LogP contribution in [0.25, 0.3) is 0 Å². The molecule has 0 aliphatic rings. The maximum atomic E-state index is 13.0. The molecule has 0 saturated carbocycles. The van der Waals surface area contributed by atoms with Crippen molar-refractivity contribution in [3.63, 3.8) is 0 Å². The zero-order chi connectivity index (χ0) is 14.0. The molecular formula is C14H10ClFINO. The number of amides is 1. The summed E-state index contributed by atoms with van der Waals surface area (Å²) in [6.45, 7) is 1.83. The Balaban J connectivity index is 2.23. The fraction of sp³-hybridized carbons (Fsp3) is 0.0714. The molecule has 19 heavy (non-hydrogen) atoms. The van der Waals surface area contributed by atoms with E-state index in [0.717, 1.165) is 5.56 Å². The molecule has 0 fully saturated rings. The van der Waals surface area contributed by atoms with Crippen molar-refractivity contribution in [1.82, 2.24) is 0 Å². The van der Waals surface area contributed by atoms with Gasteiger partial charge in [0.1, 0.15) is 5.82 Å². The Hall–Kier alpha value is -1.14. The van der Waals surface area contributed by atoms with E-state index >= 15 is 0 Å². The Morgan fingerprint density at radius 3 is 2.63 bits per heavy atom. The van der Waals surface area contributed by atoms with Crippen molar-refractivity contribution in [1.29, 1.82) is 0 Å². The van der Waals surface area contributed by atoms with Crippen LogP contribution in [0.15, 0.2) is 36.4 Å². The van der Waals surface area contributed by atoms with E-state index in [9.17, 15) is 9.18 Å². The summed E-state index contributed by atoms with van der Waals surface area (Å²) in [7, 11) is 0. The minimum absolute atomic E-state index is 0.246. The van der Waals surface area contributed by atoms with Gasteiger partial charge in [-0.15, -0.1) is 0 Å². The van der Waals surface area contributed by atoms with Gasteiger partial charge in [-0.1, -0.05) is 11.6 Å². The zero-order valence-corrected chi connectivity index (χ0v) is 12.9. The molecule has 0 atom stereocenters. The molecule has 2 aromatic rings. The summed E-state index contributed by atoms with van der Waals surface area (Å²) in [6.07, 6.45) is 0. The van der Waals surface area contributed by atoms with Crippen LogP contribution in [0, 0.1) is 16.3 Å². The Morgan fingerprint density at radius 1 is 1.26 bits per heavy atom. The molecule has 1 amide bonds. The second kappa shape index (κ2) is 5.88. The number of hydrogen-bond donors (Lipinski definition) is 1. The van der Waals surface area contributed by atoms with E-state index < -0.39 is 0 Å². The van der Waals surface area contributed by atoms with Crippen LogP contribution in [-0.2, 0) is 0 Å². The fourth-order valence-electron chi connectivity index (χ4n) is 1.57. The van der Waals surface area contributed by atoms with E-state index in [2.05, 4.69) is 5.32 Å². The molecule has 0 spiro atoms. The molecule has 98 valence electrons. The average Bonchev–Trinajstić information content (AvgIpc) is 2.36. The minimum atomic E-state index is -0.329. The van der Waals surface area contributed by atoms with E-state index in [1.54, 1.807) is 18.2 Å². The molecule has 0 saturated heterocycles. The molecule has 1 N–H and O–H groups in total. The van der Waals surface area contributed by atoms with Crippen LogP contribution in [0.1, 0.15) is 15.9 Å². The van der Waals surface area contributed by atoms with Crippen LogP contribution < -0.4 is 5.32 Å². The molecular weight excluding hydrogens is 380 g/mol. The number of nitrogens with one attached hydrogen (secondary N) is 1. The third-order valence-corrected chi connectivity index (χ3v) is 3.92. The van der Waals surface area contributed by atoms with Crippen LogP contribution in [0.3, 0.4) is 0 Å². The molecule has 0 aromatic heterocycles. The van der Waals surface area contributed by atoms with E-state index in [4.69, 9.17) is 11.6 Å². The lowest BCUT2D eigenvalue weighted by Gasteiger charge is -2.08. The van der Waals surface area contributed by atoms with Crippen molar-refractivity contribution in [3.8, 4) is 0 Å². The summed E-state index contributed by atoms with van der Waals surface area (Å²) in [5.41, 5.74) is 1.93. The standard InChI is InChI=1S/C14H10ClFINO/c1-8-6-9(2-4-11(8)15)14(19)18-13-5-3-10(16)7-12(13)17/h2-7H,1H3,(H,18,19). The van der Waals surface area contributed by atoms with Crippen LogP contribution in [0.5, 0.6) is 0 Å². The summed E-state index contributed by atoms with van der Waals surface area (Å²) in [5, 5.41) is 3.36. The van der Waals surface area contributed by atoms with Gasteiger partial charge in [-0.2, -0.15) is 0 Å². The molecule has 2 nitrogen and oxygen atoms in total. The van der Waals surface area contributed by atoms with Crippen LogP contribution in [0.2, 0.25) is 5.02 Å². The third-order valence-electron chi connectivity index (χ3n) is 2.60. The van der Waals surface area contributed by atoms with Gasteiger partial charge in [-0.25, -0.2) is 4.39 Å². The Labute approximate surface area is 129 Å². The first kappa shape index (κ1) is 14.3. The number of carbonyl (C=O) groups excluding carboxylic acids is 1. The molecule has 0 aliphatic carbocycles. The van der Waals surface area contributed by atoms with Gasteiger partial charge in [-0.05, 0) is 71.5 Å². The Bertz CT molecular complexity index is 645. The Morgan fingerprint density at radius 2 is 2.00 bits per heavy atom. The first-order valence-electron chi connectivity index (χ1n) is 5.50. The molecule has 0 bridgehead atoms. The van der Waals surface area contributed by atoms with Crippen molar-refractivity contribution < 1.29 is 9.18 Å². The summed E-state index contributed by atoms with van der Waals surface area (Å²) >= 11 is 7.89. The van der Waals surface area contributed by atoms with Gasteiger partial charge < -0.3 is 5.32 Å². The number of rotatable bonds is 2. The molecule has 2 aromatic carbocycles. The third kappa shape index (κ3) is 3.45. The topological polar surface area (TPSA) is 29.1 Å². The van der Waals surface area contributed by atoms with E-state index in [0.29, 0.717) is 19.8 Å². The first-order valence-corrected chi connectivity index (χ1v) is 6.95. The number of anilines is 1. The van der Waals surface area contributed by atoms with Crippen molar-refractivity contribution in [3.05, 3.63) is 61.9 Å². The number of hydrogen-bond acceptors (Lipinski definition) is 1. The van der Waals surface area contributed by atoms with Gasteiger partial charge in [-0.3, -0.25) is 4.79 Å². The minimum Gasteiger partial charge on any atom is -0.321 e. The SMILES string of the molecule is Cc1cc(C(=O)Nc2ccc(F)cc2I)ccc1Cl. The van der Waals surface area contributed by atoms with Crippen LogP contribution >= 0.6 is 34.2 Å². The number of carbonyl (C=O) groups is 1. The highest BCUT2D eigenvalue weighted by Gasteiger charge is 2.09. The molecule has 0 radical (unpaired) electrons. The highest BCUT2D eigenvalue weighted by Crippen LogP contribution is 2.21. The summed E-state index contributed by atoms with van der Waals surface area (Å²) in [4.78, 5) is 12.1. The normalized spacial score (nSPS) is 10.3. The smallest absolute Gasteiger partial charge is 0.255 e. The van der Waals surface area contributed by atoms with Crippen LogP contribution in [-0.4, -0.2) is 5.91 Å². The van der Waals surface area contributed by atoms with E-state index in [1.807, 2.05) is 29.5 Å². The monoisotopic (exact) mass is 389 g/mol. The molecule has 2 rings (SSSR count). The van der Waals surface area contributed by atoms with Crippen molar-refractivity contribution in [2.24, 2.45) is 0 Å². The first-order chi connectivity index (χ1) is 8.97. The molecule has 0 aliphatic heterocycles. The number of aryl methyl sites for hydroxylation is 1. The lowest BCUT2D eigenvalue weighted by atomic mass is 10.1. The maximum Gasteiger partial charge on any atom is 0.255 e. The lowest BCUT2D eigenvalue weighted by molar-refractivity contribution is 0.102. The van der Waals surface area contributed by atoms with Crippen molar-refractivity contribution in [2.45, 2.75) is 6.92 Å². The van der Waals surface area contributed by atoms with Gasteiger partial charge in [0.15, 0.2) is 0 Å². The second-order valence-corrected chi connectivity index (χ2v) is 5.61. The predicted octanol–water partition coefficient (Wildman–Crippen LogP) is 4.64.